The lowest BCUT2D eigenvalue weighted by Crippen LogP contribution is -2.34. The number of aryl methyl sites for hydroxylation is 1. The Labute approximate surface area is 133 Å². The summed E-state index contributed by atoms with van der Waals surface area (Å²) in [6.07, 6.45) is 2.11. The summed E-state index contributed by atoms with van der Waals surface area (Å²) in [7, 11) is -3.22. The molecule has 21 heavy (non-hydrogen) atoms. The number of hydrogen-bond donors (Lipinski definition) is 1. The van der Waals surface area contributed by atoms with E-state index in [0.717, 1.165) is 24.0 Å². The Morgan fingerprint density at radius 3 is 2.71 bits per heavy atom. The molecule has 1 heterocycles. The van der Waals surface area contributed by atoms with Gasteiger partial charge in [0.25, 0.3) is 0 Å². The molecule has 3 unspecified atom stereocenters. The lowest BCUT2D eigenvalue weighted by Gasteiger charge is -2.18. The van der Waals surface area contributed by atoms with E-state index < -0.39 is 10.0 Å². The Hall–Kier alpha value is -0.620. The van der Waals surface area contributed by atoms with Crippen molar-refractivity contribution >= 4 is 22.4 Å². The van der Waals surface area contributed by atoms with E-state index in [1.165, 1.54) is 0 Å². The van der Waals surface area contributed by atoms with Crippen LogP contribution in [0.4, 0.5) is 0 Å². The maximum atomic E-state index is 12.5. The fraction of sp³-hybridized carbons (Fsp3) is 0.600. The molecule has 1 aromatic rings. The molecule has 0 bridgehead atoms. The minimum Gasteiger partial charge on any atom is -0.327 e. The van der Waals surface area contributed by atoms with Crippen molar-refractivity contribution in [3.63, 3.8) is 0 Å². The average Bonchev–Trinajstić information content (AvgIpc) is 2.92. The summed E-state index contributed by atoms with van der Waals surface area (Å²) in [6, 6.07) is 7.90. The van der Waals surface area contributed by atoms with Crippen molar-refractivity contribution in [2.75, 3.05) is 13.1 Å². The van der Waals surface area contributed by atoms with Crippen LogP contribution >= 0.6 is 12.4 Å². The summed E-state index contributed by atoms with van der Waals surface area (Å²) in [5.74, 6) is 0.933. The second-order valence-corrected chi connectivity index (χ2v) is 8.20. The molecule has 1 saturated heterocycles. The van der Waals surface area contributed by atoms with Crippen molar-refractivity contribution in [2.45, 2.75) is 31.6 Å². The van der Waals surface area contributed by atoms with Crippen LogP contribution in [-0.2, 0) is 15.8 Å². The highest BCUT2D eigenvalue weighted by molar-refractivity contribution is 7.88. The van der Waals surface area contributed by atoms with Crippen molar-refractivity contribution in [1.82, 2.24) is 4.31 Å². The number of sulfonamides is 1. The van der Waals surface area contributed by atoms with Crippen molar-refractivity contribution in [3.8, 4) is 0 Å². The first-order valence-electron chi connectivity index (χ1n) is 7.24. The van der Waals surface area contributed by atoms with Gasteiger partial charge in [0.2, 0.25) is 10.0 Å². The van der Waals surface area contributed by atoms with Crippen LogP contribution < -0.4 is 5.73 Å². The standard InChI is InChI=1S/C15H22N2O2S.ClH/c1-11-3-2-4-12(7-11)10-20(18,19)17-8-13-5-6-15(16)14(13)9-17;/h2-4,7,13-15H,5-6,8-10,16H2,1H3;1H. The molecule has 118 valence electrons. The molecule has 1 aromatic carbocycles. The monoisotopic (exact) mass is 330 g/mol. The first kappa shape index (κ1) is 16.7. The van der Waals surface area contributed by atoms with E-state index in [0.29, 0.717) is 24.9 Å². The second kappa shape index (κ2) is 6.24. The zero-order valence-electron chi connectivity index (χ0n) is 12.2. The summed E-state index contributed by atoms with van der Waals surface area (Å²) in [5.41, 5.74) is 8.04. The fourth-order valence-electron chi connectivity index (χ4n) is 3.60. The predicted molar refractivity (Wildman–Crippen MR) is 86.8 cm³/mol. The molecule has 1 aliphatic carbocycles. The second-order valence-electron chi connectivity index (χ2n) is 6.23. The van der Waals surface area contributed by atoms with E-state index in [-0.39, 0.29) is 24.2 Å². The van der Waals surface area contributed by atoms with Crippen LogP contribution in [0.3, 0.4) is 0 Å². The Bertz CT molecular complexity index is 605. The number of benzene rings is 1. The van der Waals surface area contributed by atoms with Gasteiger partial charge in [0.15, 0.2) is 0 Å². The first-order chi connectivity index (χ1) is 9.45. The smallest absolute Gasteiger partial charge is 0.218 e. The van der Waals surface area contributed by atoms with Gasteiger partial charge in [-0.2, -0.15) is 0 Å². The largest absolute Gasteiger partial charge is 0.327 e. The molecular formula is C15H23ClN2O2S. The van der Waals surface area contributed by atoms with Gasteiger partial charge in [0.05, 0.1) is 5.75 Å². The molecule has 0 radical (unpaired) electrons. The maximum absolute atomic E-state index is 12.5. The zero-order valence-corrected chi connectivity index (χ0v) is 13.9. The van der Waals surface area contributed by atoms with Gasteiger partial charge in [-0.25, -0.2) is 12.7 Å². The highest BCUT2D eigenvalue weighted by Crippen LogP contribution is 2.38. The maximum Gasteiger partial charge on any atom is 0.218 e. The Morgan fingerprint density at radius 1 is 1.29 bits per heavy atom. The molecule has 2 aliphatic rings. The minimum atomic E-state index is -3.22. The van der Waals surface area contributed by atoms with Crippen LogP contribution in [0.5, 0.6) is 0 Å². The molecule has 3 atom stereocenters. The normalized spacial score (nSPS) is 29.1. The molecule has 0 aromatic heterocycles. The summed E-state index contributed by atoms with van der Waals surface area (Å²) < 4.78 is 26.7. The third kappa shape index (κ3) is 3.42. The highest BCUT2D eigenvalue weighted by atomic mass is 35.5. The Kier molecular flexibility index (Phi) is 4.98. The highest BCUT2D eigenvalue weighted by Gasteiger charge is 2.44. The molecule has 1 saturated carbocycles. The van der Waals surface area contributed by atoms with Gasteiger partial charge in [0.1, 0.15) is 0 Å². The van der Waals surface area contributed by atoms with E-state index in [2.05, 4.69) is 0 Å². The van der Waals surface area contributed by atoms with Gasteiger partial charge >= 0.3 is 0 Å². The fourth-order valence-corrected chi connectivity index (χ4v) is 5.20. The van der Waals surface area contributed by atoms with E-state index in [1.54, 1.807) is 4.31 Å². The molecule has 6 heteroatoms. The lowest BCUT2D eigenvalue weighted by atomic mass is 9.98. The number of hydrogen-bond acceptors (Lipinski definition) is 3. The number of nitrogens with zero attached hydrogens (tertiary/aromatic N) is 1. The summed E-state index contributed by atoms with van der Waals surface area (Å²) in [6.45, 7) is 3.25. The summed E-state index contributed by atoms with van der Waals surface area (Å²) in [5, 5.41) is 0. The molecule has 3 rings (SSSR count). The summed E-state index contributed by atoms with van der Waals surface area (Å²) >= 11 is 0. The van der Waals surface area contributed by atoms with Crippen molar-refractivity contribution in [2.24, 2.45) is 17.6 Å². The number of rotatable bonds is 3. The van der Waals surface area contributed by atoms with E-state index in [1.807, 2.05) is 31.2 Å². The van der Waals surface area contributed by atoms with Crippen molar-refractivity contribution in [3.05, 3.63) is 35.4 Å². The number of halogens is 1. The Morgan fingerprint density at radius 2 is 2.05 bits per heavy atom. The molecule has 2 fully saturated rings. The molecule has 0 spiro atoms. The van der Waals surface area contributed by atoms with Crippen LogP contribution in [0.15, 0.2) is 24.3 Å². The van der Waals surface area contributed by atoms with Gasteiger partial charge in [0, 0.05) is 19.1 Å². The first-order valence-corrected chi connectivity index (χ1v) is 8.85. The molecule has 1 aliphatic heterocycles. The van der Waals surface area contributed by atoms with Crippen molar-refractivity contribution < 1.29 is 8.42 Å². The number of fused-ring (bicyclic) bond motifs is 1. The van der Waals surface area contributed by atoms with Gasteiger partial charge in [-0.05, 0) is 37.2 Å². The predicted octanol–water partition coefficient (Wildman–Crippen LogP) is 1.92. The van der Waals surface area contributed by atoms with Crippen molar-refractivity contribution in [1.29, 1.82) is 0 Å². The van der Waals surface area contributed by atoms with Crippen LogP contribution in [0.1, 0.15) is 24.0 Å². The van der Waals surface area contributed by atoms with Gasteiger partial charge in [-0.1, -0.05) is 29.8 Å². The van der Waals surface area contributed by atoms with Crippen LogP contribution in [0.2, 0.25) is 0 Å². The third-order valence-corrected chi connectivity index (χ3v) is 6.49. The van der Waals surface area contributed by atoms with Gasteiger partial charge in [-0.15, -0.1) is 12.4 Å². The quantitative estimate of drug-likeness (QED) is 0.921. The number of nitrogens with two attached hydrogens (primary N) is 1. The van der Waals surface area contributed by atoms with Gasteiger partial charge in [-0.3, -0.25) is 0 Å². The summed E-state index contributed by atoms with van der Waals surface area (Å²) in [4.78, 5) is 0. The molecule has 2 N–H and O–H groups in total. The topological polar surface area (TPSA) is 63.4 Å². The minimum absolute atomic E-state index is 0. The molecular weight excluding hydrogens is 308 g/mol. The van der Waals surface area contributed by atoms with Crippen LogP contribution in [0.25, 0.3) is 0 Å². The SMILES string of the molecule is Cc1cccc(CS(=O)(=O)N2CC3CCC(N)C3C2)c1.Cl. The zero-order chi connectivity index (χ0) is 14.3. The van der Waals surface area contributed by atoms with Crippen LogP contribution in [-0.4, -0.2) is 31.9 Å². The Balaban J connectivity index is 0.00000161. The van der Waals surface area contributed by atoms with Crippen LogP contribution in [0, 0.1) is 18.8 Å². The third-order valence-electron chi connectivity index (χ3n) is 4.70. The van der Waals surface area contributed by atoms with Gasteiger partial charge < -0.3 is 5.73 Å². The van der Waals surface area contributed by atoms with E-state index >= 15 is 0 Å². The molecule has 0 amide bonds. The van der Waals surface area contributed by atoms with E-state index in [4.69, 9.17) is 5.73 Å². The van der Waals surface area contributed by atoms with E-state index in [9.17, 15) is 8.42 Å². The lowest BCUT2D eigenvalue weighted by molar-refractivity contribution is 0.426. The molecule has 4 nitrogen and oxygen atoms in total. The average molecular weight is 331 g/mol.